The number of aliphatic hydroxyl groups excluding tert-OH is 1. The summed E-state index contributed by atoms with van der Waals surface area (Å²) in [5.74, 6) is 1.26. The number of rotatable bonds is 5. The second kappa shape index (κ2) is 6.11. The molecular formula is C16H15NO3S. The van der Waals surface area contributed by atoms with Crippen molar-refractivity contribution in [2.75, 3.05) is 7.11 Å². The Morgan fingerprint density at radius 1 is 1.14 bits per heavy atom. The van der Waals surface area contributed by atoms with Crippen LogP contribution in [0.4, 0.5) is 0 Å². The molecule has 2 aromatic carbocycles. The van der Waals surface area contributed by atoms with Crippen molar-refractivity contribution in [2.45, 2.75) is 13.2 Å². The Hall–Kier alpha value is -2.11. The van der Waals surface area contributed by atoms with Crippen molar-refractivity contribution in [3.63, 3.8) is 0 Å². The molecule has 1 aromatic heterocycles. The van der Waals surface area contributed by atoms with Crippen LogP contribution < -0.4 is 9.47 Å². The molecule has 0 aliphatic heterocycles. The largest absolute Gasteiger partial charge is 0.493 e. The van der Waals surface area contributed by atoms with Crippen molar-refractivity contribution in [1.82, 2.24) is 4.98 Å². The van der Waals surface area contributed by atoms with Crippen LogP contribution in [0.25, 0.3) is 10.2 Å². The molecule has 0 aliphatic carbocycles. The Labute approximate surface area is 126 Å². The fourth-order valence-corrected chi connectivity index (χ4v) is 2.93. The van der Waals surface area contributed by atoms with E-state index < -0.39 is 0 Å². The first-order chi connectivity index (χ1) is 10.3. The Balaban J connectivity index is 1.80. The molecule has 0 unspecified atom stereocenters. The average molecular weight is 301 g/mol. The number of hydrogen-bond acceptors (Lipinski definition) is 5. The summed E-state index contributed by atoms with van der Waals surface area (Å²) in [6, 6.07) is 13.4. The van der Waals surface area contributed by atoms with E-state index in [-0.39, 0.29) is 6.61 Å². The summed E-state index contributed by atoms with van der Waals surface area (Å²) < 4.78 is 12.2. The monoisotopic (exact) mass is 301 g/mol. The first-order valence-electron chi connectivity index (χ1n) is 6.55. The third kappa shape index (κ3) is 2.99. The summed E-state index contributed by atoms with van der Waals surface area (Å²) in [7, 11) is 1.60. The quantitative estimate of drug-likeness (QED) is 0.785. The average Bonchev–Trinajstić information content (AvgIpc) is 2.95. The van der Waals surface area contributed by atoms with Gasteiger partial charge in [0.15, 0.2) is 11.5 Å². The van der Waals surface area contributed by atoms with Crippen LogP contribution in [0.2, 0.25) is 0 Å². The molecule has 0 saturated carbocycles. The number of aromatic nitrogens is 1. The van der Waals surface area contributed by atoms with Gasteiger partial charge >= 0.3 is 0 Å². The van der Waals surface area contributed by atoms with Crippen LogP contribution in [-0.2, 0) is 13.2 Å². The van der Waals surface area contributed by atoms with Gasteiger partial charge in [-0.2, -0.15) is 0 Å². The van der Waals surface area contributed by atoms with Crippen molar-refractivity contribution in [3.05, 3.63) is 53.0 Å². The van der Waals surface area contributed by atoms with Crippen molar-refractivity contribution in [2.24, 2.45) is 0 Å². The van der Waals surface area contributed by atoms with Gasteiger partial charge in [0.1, 0.15) is 11.6 Å². The fourth-order valence-electron chi connectivity index (χ4n) is 2.05. The molecule has 1 heterocycles. The SMILES string of the molecule is COc1ccc(CO)cc1OCc1nc2ccccc2s1. The van der Waals surface area contributed by atoms with Crippen molar-refractivity contribution in [3.8, 4) is 11.5 Å². The van der Waals surface area contributed by atoms with E-state index in [9.17, 15) is 5.11 Å². The van der Waals surface area contributed by atoms with Gasteiger partial charge in [0.05, 0.1) is 23.9 Å². The molecule has 4 nitrogen and oxygen atoms in total. The smallest absolute Gasteiger partial charge is 0.162 e. The molecule has 0 aliphatic rings. The third-order valence-corrected chi connectivity index (χ3v) is 4.11. The predicted octanol–water partition coefficient (Wildman–Crippen LogP) is 3.38. The summed E-state index contributed by atoms with van der Waals surface area (Å²) in [5, 5.41) is 10.1. The van der Waals surface area contributed by atoms with Gasteiger partial charge in [-0.1, -0.05) is 18.2 Å². The molecule has 1 N–H and O–H groups in total. The lowest BCUT2D eigenvalue weighted by molar-refractivity contribution is 0.271. The lowest BCUT2D eigenvalue weighted by Crippen LogP contribution is -1.98. The first-order valence-corrected chi connectivity index (χ1v) is 7.37. The van der Waals surface area contributed by atoms with E-state index in [1.807, 2.05) is 30.3 Å². The van der Waals surface area contributed by atoms with E-state index in [0.717, 1.165) is 20.8 Å². The number of fused-ring (bicyclic) bond motifs is 1. The highest BCUT2D eigenvalue weighted by Gasteiger charge is 2.08. The minimum atomic E-state index is -0.0263. The molecule has 0 radical (unpaired) electrons. The Morgan fingerprint density at radius 2 is 2.00 bits per heavy atom. The molecule has 0 bridgehead atoms. The van der Waals surface area contributed by atoms with Crippen LogP contribution in [0.1, 0.15) is 10.6 Å². The van der Waals surface area contributed by atoms with E-state index in [4.69, 9.17) is 9.47 Å². The molecule has 0 saturated heterocycles. The Kier molecular flexibility index (Phi) is 4.03. The molecule has 5 heteroatoms. The highest BCUT2D eigenvalue weighted by Crippen LogP contribution is 2.30. The molecule has 108 valence electrons. The van der Waals surface area contributed by atoms with Gasteiger partial charge < -0.3 is 14.6 Å². The second-order valence-corrected chi connectivity index (χ2v) is 5.62. The maximum absolute atomic E-state index is 9.20. The number of thiazole rings is 1. The number of benzene rings is 2. The Bertz CT molecular complexity index is 721. The molecule has 0 fully saturated rings. The number of hydrogen-bond donors (Lipinski definition) is 1. The maximum atomic E-state index is 9.20. The summed E-state index contributed by atoms with van der Waals surface area (Å²) in [5.41, 5.74) is 1.77. The first kappa shape index (κ1) is 13.9. The molecule has 0 atom stereocenters. The van der Waals surface area contributed by atoms with Gasteiger partial charge in [-0.15, -0.1) is 11.3 Å². The molecule has 21 heavy (non-hydrogen) atoms. The van der Waals surface area contributed by atoms with E-state index in [1.54, 1.807) is 30.6 Å². The number of para-hydroxylation sites is 1. The third-order valence-electron chi connectivity index (χ3n) is 3.10. The van der Waals surface area contributed by atoms with E-state index >= 15 is 0 Å². The number of ether oxygens (including phenoxy) is 2. The van der Waals surface area contributed by atoms with Gasteiger partial charge in [0.25, 0.3) is 0 Å². The van der Waals surface area contributed by atoms with Crippen LogP contribution >= 0.6 is 11.3 Å². The topological polar surface area (TPSA) is 51.6 Å². The summed E-state index contributed by atoms with van der Waals surface area (Å²) in [6.07, 6.45) is 0. The highest BCUT2D eigenvalue weighted by molar-refractivity contribution is 7.18. The van der Waals surface area contributed by atoms with Crippen molar-refractivity contribution >= 4 is 21.6 Å². The van der Waals surface area contributed by atoms with Crippen LogP contribution in [0.5, 0.6) is 11.5 Å². The highest BCUT2D eigenvalue weighted by atomic mass is 32.1. The van der Waals surface area contributed by atoms with Gasteiger partial charge in [-0.25, -0.2) is 4.98 Å². The van der Waals surface area contributed by atoms with Crippen LogP contribution in [0.3, 0.4) is 0 Å². The molecular weight excluding hydrogens is 286 g/mol. The van der Waals surface area contributed by atoms with E-state index in [1.165, 1.54) is 0 Å². The summed E-state index contributed by atoms with van der Waals surface area (Å²) in [4.78, 5) is 4.53. The minimum Gasteiger partial charge on any atom is -0.493 e. The maximum Gasteiger partial charge on any atom is 0.162 e. The summed E-state index contributed by atoms with van der Waals surface area (Å²) >= 11 is 1.61. The fraction of sp³-hybridized carbons (Fsp3) is 0.188. The standard InChI is InChI=1S/C16H15NO3S/c1-19-13-7-6-11(9-18)8-14(13)20-10-16-17-12-4-2-3-5-15(12)21-16/h2-8,18H,9-10H2,1H3. The number of aliphatic hydroxyl groups is 1. The summed E-state index contributed by atoms with van der Waals surface area (Å²) in [6.45, 7) is 0.353. The lowest BCUT2D eigenvalue weighted by Gasteiger charge is -2.10. The lowest BCUT2D eigenvalue weighted by atomic mass is 10.2. The zero-order valence-electron chi connectivity index (χ0n) is 11.6. The number of nitrogens with zero attached hydrogens (tertiary/aromatic N) is 1. The van der Waals surface area contributed by atoms with E-state index in [0.29, 0.717) is 18.1 Å². The Morgan fingerprint density at radius 3 is 2.76 bits per heavy atom. The second-order valence-electron chi connectivity index (χ2n) is 4.51. The zero-order valence-corrected chi connectivity index (χ0v) is 12.4. The number of methoxy groups -OCH3 is 1. The van der Waals surface area contributed by atoms with Gasteiger partial charge in [-0.3, -0.25) is 0 Å². The minimum absolute atomic E-state index is 0.0263. The normalized spacial score (nSPS) is 10.8. The van der Waals surface area contributed by atoms with Gasteiger partial charge in [0.2, 0.25) is 0 Å². The zero-order chi connectivity index (χ0) is 14.7. The van der Waals surface area contributed by atoms with Crippen LogP contribution in [0.15, 0.2) is 42.5 Å². The predicted molar refractivity (Wildman–Crippen MR) is 82.9 cm³/mol. The van der Waals surface area contributed by atoms with Crippen LogP contribution in [0, 0.1) is 0 Å². The molecule has 0 spiro atoms. The molecule has 0 amide bonds. The molecule has 3 aromatic rings. The van der Waals surface area contributed by atoms with Gasteiger partial charge in [-0.05, 0) is 29.8 Å². The van der Waals surface area contributed by atoms with Crippen molar-refractivity contribution < 1.29 is 14.6 Å². The van der Waals surface area contributed by atoms with Crippen LogP contribution in [-0.4, -0.2) is 17.2 Å². The molecule has 3 rings (SSSR count). The van der Waals surface area contributed by atoms with Crippen molar-refractivity contribution in [1.29, 1.82) is 0 Å². The van der Waals surface area contributed by atoms with E-state index in [2.05, 4.69) is 4.98 Å². The van der Waals surface area contributed by atoms with Gasteiger partial charge in [0, 0.05) is 0 Å².